The first-order valence-corrected chi connectivity index (χ1v) is 11.3. The van der Waals surface area contributed by atoms with Gasteiger partial charge in [0.15, 0.2) is 0 Å². The van der Waals surface area contributed by atoms with E-state index in [0.717, 1.165) is 45.2 Å². The molecule has 166 valence electrons. The van der Waals surface area contributed by atoms with E-state index in [4.69, 9.17) is 9.47 Å². The molecule has 0 bridgehead atoms. The van der Waals surface area contributed by atoms with E-state index in [-0.39, 0.29) is 23.1 Å². The molecule has 0 aromatic heterocycles. The molecule has 1 saturated heterocycles. The number of likely N-dealkylation sites (tertiary alicyclic amines) is 1. The second kappa shape index (κ2) is 10.3. The number of rotatable bonds is 1. The quantitative estimate of drug-likeness (QED) is 0.702. The second-order valence-electron chi connectivity index (χ2n) is 9.06. The van der Waals surface area contributed by atoms with Gasteiger partial charge in [-0.05, 0) is 37.8 Å². The number of nitrogens with zero attached hydrogens (tertiary/aromatic N) is 2. The van der Waals surface area contributed by atoms with Crippen LogP contribution in [0.1, 0.15) is 56.3 Å². The number of ether oxygens (including phenoxy) is 2. The molecule has 0 unspecified atom stereocenters. The first kappa shape index (κ1) is 22.6. The van der Waals surface area contributed by atoms with Crippen LogP contribution in [0.15, 0.2) is 24.3 Å². The molecule has 3 rings (SSSR count). The number of carbonyl (C=O) groups is 2. The van der Waals surface area contributed by atoms with E-state index >= 15 is 0 Å². The molecule has 0 saturated carbocycles. The van der Waals surface area contributed by atoms with Crippen molar-refractivity contribution in [3.8, 4) is 5.75 Å². The molecule has 0 aliphatic carbocycles. The highest BCUT2D eigenvalue weighted by molar-refractivity contribution is 5.96. The van der Waals surface area contributed by atoms with Crippen molar-refractivity contribution in [2.75, 3.05) is 46.5 Å². The zero-order chi connectivity index (χ0) is 21.6. The molecule has 6 heteroatoms. The molecule has 0 atom stereocenters. The molecule has 1 fully saturated rings. The fourth-order valence-electron chi connectivity index (χ4n) is 4.35. The predicted molar refractivity (Wildman–Crippen MR) is 117 cm³/mol. The summed E-state index contributed by atoms with van der Waals surface area (Å²) < 4.78 is 12.1. The Morgan fingerprint density at radius 1 is 1.03 bits per heavy atom. The third-order valence-corrected chi connectivity index (χ3v) is 6.44. The van der Waals surface area contributed by atoms with Crippen LogP contribution in [0.2, 0.25) is 0 Å². The minimum Gasteiger partial charge on any atom is -0.492 e. The van der Waals surface area contributed by atoms with Crippen LogP contribution in [0.4, 0.5) is 0 Å². The molecule has 0 radical (unpaired) electrons. The molecule has 30 heavy (non-hydrogen) atoms. The number of piperidine rings is 1. The highest BCUT2D eigenvalue weighted by Gasteiger charge is 2.37. The number of amides is 2. The van der Waals surface area contributed by atoms with Crippen LogP contribution in [0, 0.1) is 11.3 Å². The lowest BCUT2D eigenvalue weighted by Crippen LogP contribution is -2.46. The molecule has 2 aliphatic heterocycles. The van der Waals surface area contributed by atoms with E-state index in [9.17, 15) is 9.59 Å². The zero-order valence-electron chi connectivity index (χ0n) is 18.7. The van der Waals surface area contributed by atoms with Gasteiger partial charge in [-0.25, -0.2) is 0 Å². The Hall–Kier alpha value is -2.08. The normalized spacial score (nSPS) is 21.1. The molecule has 0 N–H and O–H groups in total. The van der Waals surface area contributed by atoms with E-state index in [1.54, 1.807) is 11.9 Å². The van der Waals surface area contributed by atoms with Crippen LogP contribution in [0.3, 0.4) is 0 Å². The lowest BCUT2D eigenvalue weighted by Gasteiger charge is -2.42. The smallest absolute Gasteiger partial charge is 0.257 e. The van der Waals surface area contributed by atoms with Crippen LogP contribution >= 0.6 is 0 Å². The number of hydrogen-bond acceptors (Lipinski definition) is 4. The van der Waals surface area contributed by atoms with E-state index in [1.165, 1.54) is 0 Å². The molecule has 2 heterocycles. The fourth-order valence-corrected chi connectivity index (χ4v) is 4.35. The van der Waals surface area contributed by atoms with Crippen LogP contribution in [0.25, 0.3) is 0 Å². The third kappa shape index (κ3) is 5.54. The van der Waals surface area contributed by atoms with Gasteiger partial charge in [-0.1, -0.05) is 32.4 Å². The summed E-state index contributed by atoms with van der Waals surface area (Å²) in [5, 5.41) is 0. The SMILES string of the molecule is CC(C)C(=O)N1CCC2(CCCCOCCN(C)C(=O)c3ccccc3OC2)CC1. The summed E-state index contributed by atoms with van der Waals surface area (Å²) in [6.07, 6.45) is 5.00. The maximum atomic E-state index is 12.9. The zero-order valence-corrected chi connectivity index (χ0v) is 18.7. The van der Waals surface area contributed by atoms with Crippen LogP contribution < -0.4 is 4.74 Å². The average molecular weight is 417 g/mol. The van der Waals surface area contributed by atoms with Crippen molar-refractivity contribution in [2.45, 2.75) is 46.0 Å². The second-order valence-corrected chi connectivity index (χ2v) is 9.06. The summed E-state index contributed by atoms with van der Waals surface area (Å²) in [7, 11) is 1.80. The summed E-state index contributed by atoms with van der Waals surface area (Å²) in [5.41, 5.74) is 0.625. The van der Waals surface area contributed by atoms with Gasteiger partial charge in [0.2, 0.25) is 5.91 Å². The first-order chi connectivity index (χ1) is 14.4. The number of hydrogen-bond donors (Lipinski definition) is 0. The van der Waals surface area contributed by atoms with Crippen molar-refractivity contribution in [3.05, 3.63) is 29.8 Å². The Kier molecular flexibility index (Phi) is 7.75. The van der Waals surface area contributed by atoms with E-state index in [0.29, 0.717) is 37.7 Å². The van der Waals surface area contributed by atoms with Crippen LogP contribution in [0.5, 0.6) is 5.75 Å². The maximum absolute atomic E-state index is 12.9. The maximum Gasteiger partial charge on any atom is 0.257 e. The standard InChI is InChI=1S/C24H36N2O4/c1-19(2)22(27)26-13-11-24(12-14-26)10-6-7-16-29-17-15-25(3)23(28)20-8-4-5-9-21(20)30-18-24/h4-5,8-9,19H,6-7,10-18H2,1-3H3. The average Bonchev–Trinajstić information content (AvgIpc) is 2.76. The molecular weight excluding hydrogens is 380 g/mol. The minimum atomic E-state index is -0.0438. The van der Waals surface area contributed by atoms with E-state index in [1.807, 2.05) is 43.0 Å². The summed E-state index contributed by atoms with van der Waals surface area (Å²) >= 11 is 0. The lowest BCUT2D eigenvalue weighted by molar-refractivity contribution is -0.137. The highest BCUT2D eigenvalue weighted by atomic mass is 16.5. The van der Waals surface area contributed by atoms with Crippen LogP contribution in [-0.2, 0) is 9.53 Å². The monoisotopic (exact) mass is 416 g/mol. The van der Waals surface area contributed by atoms with Crippen molar-refractivity contribution in [3.63, 3.8) is 0 Å². The summed E-state index contributed by atoms with van der Waals surface area (Å²) in [5.74, 6) is 0.871. The van der Waals surface area contributed by atoms with Crippen molar-refractivity contribution < 1.29 is 19.1 Å². The highest BCUT2D eigenvalue weighted by Crippen LogP contribution is 2.38. The molecule has 2 amide bonds. The van der Waals surface area contributed by atoms with Gasteiger partial charge in [0.25, 0.3) is 5.91 Å². The summed E-state index contributed by atoms with van der Waals surface area (Å²) in [6, 6.07) is 7.50. The van der Waals surface area contributed by atoms with Crippen molar-refractivity contribution >= 4 is 11.8 Å². The predicted octanol–water partition coefficient (Wildman–Crippen LogP) is 3.60. The Labute approximate surface area is 180 Å². The molecule has 2 aliphatic rings. The summed E-state index contributed by atoms with van der Waals surface area (Å²) in [6.45, 7) is 7.88. The Balaban J connectivity index is 1.77. The van der Waals surface area contributed by atoms with Gasteiger partial charge in [0, 0.05) is 44.6 Å². The number of fused-ring (bicyclic) bond motifs is 1. The number of carbonyl (C=O) groups excluding carboxylic acids is 2. The van der Waals surface area contributed by atoms with Gasteiger partial charge in [0.05, 0.1) is 18.8 Å². The van der Waals surface area contributed by atoms with E-state index < -0.39 is 0 Å². The number of benzene rings is 1. The molecule has 1 aromatic carbocycles. The molecule has 1 aromatic rings. The minimum absolute atomic E-state index is 0.0277. The molecular formula is C24H36N2O4. The number of para-hydroxylation sites is 1. The van der Waals surface area contributed by atoms with E-state index in [2.05, 4.69) is 0 Å². The number of likely N-dealkylation sites (N-methyl/N-ethyl adjacent to an activating group) is 1. The Morgan fingerprint density at radius 3 is 2.50 bits per heavy atom. The van der Waals surface area contributed by atoms with Gasteiger partial charge < -0.3 is 19.3 Å². The first-order valence-electron chi connectivity index (χ1n) is 11.3. The fraction of sp³-hybridized carbons (Fsp3) is 0.667. The van der Waals surface area contributed by atoms with Gasteiger partial charge in [-0.3, -0.25) is 9.59 Å². The van der Waals surface area contributed by atoms with Crippen molar-refractivity contribution in [1.29, 1.82) is 0 Å². The van der Waals surface area contributed by atoms with Gasteiger partial charge in [-0.15, -0.1) is 0 Å². The van der Waals surface area contributed by atoms with Gasteiger partial charge in [0.1, 0.15) is 5.75 Å². The Bertz CT molecular complexity index is 726. The molecule has 1 spiro atoms. The topological polar surface area (TPSA) is 59.1 Å². The largest absolute Gasteiger partial charge is 0.492 e. The lowest BCUT2D eigenvalue weighted by atomic mass is 9.75. The van der Waals surface area contributed by atoms with Gasteiger partial charge >= 0.3 is 0 Å². The van der Waals surface area contributed by atoms with Crippen molar-refractivity contribution in [1.82, 2.24) is 9.80 Å². The summed E-state index contributed by atoms with van der Waals surface area (Å²) in [4.78, 5) is 29.0. The van der Waals surface area contributed by atoms with Crippen LogP contribution in [-0.4, -0.2) is 68.1 Å². The molecule has 6 nitrogen and oxygen atoms in total. The Morgan fingerprint density at radius 2 is 1.77 bits per heavy atom. The van der Waals surface area contributed by atoms with Crippen molar-refractivity contribution in [2.24, 2.45) is 11.3 Å². The third-order valence-electron chi connectivity index (χ3n) is 6.44. The van der Waals surface area contributed by atoms with Gasteiger partial charge in [-0.2, -0.15) is 0 Å².